The summed E-state index contributed by atoms with van der Waals surface area (Å²) in [6.07, 6.45) is 3.55. The van der Waals surface area contributed by atoms with Gasteiger partial charge in [-0.15, -0.1) is 0 Å². The first-order valence-corrected chi connectivity index (χ1v) is 11.4. The molecule has 8 nitrogen and oxygen atoms in total. The first-order chi connectivity index (χ1) is 16.5. The maximum Gasteiger partial charge on any atom is 0.268 e. The molecule has 0 aliphatic heterocycles. The summed E-state index contributed by atoms with van der Waals surface area (Å²) in [6.45, 7) is 4.37. The average Bonchev–Trinajstić information content (AvgIpc) is 3.57. The van der Waals surface area contributed by atoms with Crippen molar-refractivity contribution >= 4 is 34.4 Å². The third kappa shape index (κ3) is 4.22. The van der Waals surface area contributed by atoms with E-state index in [2.05, 4.69) is 25.9 Å². The largest absolute Gasteiger partial charge is 0.351 e. The molecule has 4 aromatic rings. The van der Waals surface area contributed by atoms with Gasteiger partial charge in [0.25, 0.3) is 11.8 Å². The second-order valence-corrected chi connectivity index (χ2v) is 8.42. The summed E-state index contributed by atoms with van der Waals surface area (Å²) in [7, 11) is 0. The van der Waals surface area contributed by atoms with Crippen LogP contribution in [0.15, 0.2) is 60.9 Å². The maximum atomic E-state index is 12.9. The molecule has 1 saturated carbocycles. The number of para-hydroxylation sites is 1. The molecule has 0 bridgehead atoms. The van der Waals surface area contributed by atoms with E-state index < -0.39 is 0 Å². The van der Waals surface area contributed by atoms with Gasteiger partial charge >= 0.3 is 0 Å². The Hall–Kier alpha value is -4.20. The minimum Gasteiger partial charge on any atom is -0.351 e. The van der Waals surface area contributed by atoms with Crippen LogP contribution in [0.4, 0.5) is 11.5 Å². The van der Waals surface area contributed by atoms with Crippen LogP contribution in [0.3, 0.4) is 0 Å². The highest BCUT2D eigenvalue weighted by Gasteiger charge is 2.24. The molecule has 34 heavy (non-hydrogen) atoms. The highest BCUT2D eigenvalue weighted by atomic mass is 16.2. The number of rotatable bonds is 7. The van der Waals surface area contributed by atoms with E-state index in [4.69, 9.17) is 0 Å². The topological polar surface area (TPSA) is 101 Å². The number of nitrogens with zero attached hydrogens (tertiary/aromatic N) is 3. The Morgan fingerprint density at radius 2 is 1.82 bits per heavy atom. The molecule has 3 N–H and O–H groups in total. The number of anilines is 2. The second-order valence-electron chi connectivity index (χ2n) is 8.42. The standard InChI is InChI=1S/C26H26N6O2/c1-3-27-26(34)22-14-20-23(28-15-29-24(20)32(22)19-7-5-4-6-8-19)31-21-13-17(10-9-16(21)2)25(33)30-18-11-12-18/h4-10,13-15,18H,3,11-12H2,1-2H3,(H,27,34)(H,30,33)(H,28,29,31). The Kier molecular flexibility index (Phi) is 5.71. The highest BCUT2D eigenvalue weighted by Crippen LogP contribution is 2.30. The predicted molar refractivity (Wildman–Crippen MR) is 132 cm³/mol. The SMILES string of the molecule is CCNC(=O)c1cc2c(Nc3cc(C(=O)NC4CC4)ccc3C)ncnc2n1-c1ccccc1. The number of aryl methyl sites for hydroxylation is 1. The Balaban J connectivity index is 1.57. The number of amides is 2. The summed E-state index contributed by atoms with van der Waals surface area (Å²) in [4.78, 5) is 34.4. The third-order valence-corrected chi connectivity index (χ3v) is 5.85. The zero-order valence-electron chi connectivity index (χ0n) is 19.1. The Morgan fingerprint density at radius 3 is 2.56 bits per heavy atom. The van der Waals surface area contributed by atoms with Gasteiger partial charge in [0.15, 0.2) is 5.65 Å². The van der Waals surface area contributed by atoms with E-state index in [-0.39, 0.29) is 17.9 Å². The van der Waals surface area contributed by atoms with Crippen molar-refractivity contribution in [2.45, 2.75) is 32.7 Å². The molecule has 1 aliphatic carbocycles. The van der Waals surface area contributed by atoms with Gasteiger partial charge in [-0.25, -0.2) is 9.97 Å². The summed E-state index contributed by atoms with van der Waals surface area (Å²) >= 11 is 0. The van der Waals surface area contributed by atoms with Crippen molar-refractivity contribution in [1.82, 2.24) is 25.2 Å². The van der Waals surface area contributed by atoms with Crippen LogP contribution in [-0.2, 0) is 0 Å². The van der Waals surface area contributed by atoms with Crippen molar-refractivity contribution in [1.29, 1.82) is 0 Å². The Morgan fingerprint density at radius 1 is 1.03 bits per heavy atom. The quantitative estimate of drug-likeness (QED) is 0.390. The molecule has 0 atom stereocenters. The summed E-state index contributed by atoms with van der Waals surface area (Å²) in [5.74, 6) is 0.297. The van der Waals surface area contributed by atoms with Crippen LogP contribution < -0.4 is 16.0 Å². The van der Waals surface area contributed by atoms with Gasteiger partial charge in [0.05, 0.1) is 5.39 Å². The minimum atomic E-state index is -0.190. The van der Waals surface area contributed by atoms with Crippen LogP contribution in [0.2, 0.25) is 0 Å². The number of fused-ring (bicyclic) bond motifs is 1. The van der Waals surface area contributed by atoms with Crippen LogP contribution in [-0.4, -0.2) is 38.9 Å². The van der Waals surface area contributed by atoms with Crippen molar-refractivity contribution in [2.24, 2.45) is 0 Å². The first kappa shape index (κ1) is 21.6. The molecular formula is C26H26N6O2. The van der Waals surface area contributed by atoms with Crippen LogP contribution in [0, 0.1) is 6.92 Å². The molecule has 0 saturated heterocycles. The van der Waals surface area contributed by atoms with Gasteiger partial charge in [-0.1, -0.05) is 24.3 Å². The molecule has 0 radical (unpaired) electrons. The van der Waals surface area contributed by atoms with Crippen LogP contribution in [0.25, 0.3) is 16.7 Å². The normalized spacial score (nSPS) is 13.0. The molecule has 172 valence electrons. The van der Waals surface area contributed by atoms with E-state index >= 15 is 0 Å². The number of benzene rings is 2. The number of carbonyl (C=O) groups excluding carboxylic acids is 2. The van der Waals surface area contributed by atoms with Gasteiger partial charge in [-0.05, 0) is 62.6 Å². The summed E-state index contributed by atoms with van der Waals surface area (Å²) < 4.78 is 1.83. The van der Waals surface area contributed by atoms with Crippen molar-refractivity contribution in [3.05, 3.63) is 77.7 Å². The van der Waals surface area contributed by atoms with E-state index in [1.54, 1.807) is 6.07 Å². The molecule has 1 fully saturated rings. The highest BCUT2D eigenvalue weighted by molar-refractivity contribution is 6.02. The molecular weight excluding hydrogens is 428 g/mol. The van der Waals surface area contributed by atoms with Crippen LogP contribution >= 0.6 is 0 Å². The van der Waals surface area contributed by atoms with E-state index in [1.165, 1.54) is 6.33 Å². The smallest absolute Gasteiger partial charge is 0.268 e. The fraction of sp³-hybridized carbons (Fsp3) is 0.231. The maximum absolute atomic E-state index is 12.9. The number of hydrogen-bond acceptors (Lipinski definition) is 5. The fourth-order valence-corrected chi connectivity index (χ4v) is 3.89. The Bertz CT molecular complexity index is 1380. The van der Waals surface area contributed by atoms with Gasteiger partial charge in [0.2, 0.25) is 0 Å². The number of carbonyl (C=O) groups is 2. The van der Waals surface area contributed by atoms with E-state index in [0.29, 0.717) is 34.7 Å². The van der Waals surface area contributed by atoms with E-state index in [0.717, 1.165) is 29.8 Å². The number of hydrogen-bond donors (Lipinski definition) is 3. The summed E-state index contributed by atoms with van der Waals surface area (Å²) in [6, 6.07) is 17.3. The van der Waals surface area contributed by atoms with Crippen molar-refractivity contribution in [3.8, 4) is 5.69 Å². The van der Waals surface area contributed by atoms with Crippen LogP contribution in [0.5, 0.6) is 0 Å². The zero-order valence-corrected chi connectivity index (χ0v) is 19.1. The number of aromatic nitrogens is 3. The molecule has 0 spiro atoms. The molecule has 0 unspecified atom stereocenters. The molecule has 2 amide bonds. The van der Waals surface area contributed by atoms with Crippen molar-refractivity contribution in [2.75, 3.05) is 11.9 Å². The molecule has 1 aliphatic rings. The Labute approximate surface area is 197 Å². The fourth-order valence-electron chi connectivity index (χ4n) is 3.89. The van der Waals surface area contributed by atoms with E-state index in [1.807, 2.05) is 66.9 Å². The van der Waals surface area contributed by atoms with Crippen LogP contribution in [0.1, 0.15) is 46.2 Å². The third-order valence-electron chi connectivity index (χ3n) is 5.85. The average molecular weight is 455 g/mol. The molecule has 5 rings (SSSR count). The summed E-state index contributed by atoms with van der Waals surface area (Å²) in [5.41, 5.74) is 4.26. The van der Waals surface area contributed by atoms with Gasteiger partial charge < -0.3 is 16.0 Å². The lowest BCUT2D eigenvalue weighted by atomic mass is 10.1. The summed E-state index contributed by atoms with van der Waals surface area (Å²) in [5, 5.41) is 9.98. The van der Waals surface area contributed by atoms with Gasteiger partial charge in [0, 0.05) is 29.5 Å². The molecule has 2 aromatic carbocycles. The van der Waals surface area contributed by atoms with Crippen molar-refractivity contribution < 1.29 is 9.59 Å². The molecule has 8 heteroatoms. The van der Waals surface area contributed by atoms with Gasteiger partial charge in [-0.2, -0.15) is 0 Å². The lowest BCUT2D eigenvalue weighted by Crippen LogP contribution is -2.25. The van der Waals surface area contributed by atoms with Crippen molar-refractivity contribution in [3.63, 3.8) is 0 Å². The minimum absolute atomic E-state index is 0.0767. The number of nitrogens with one attached hydrogen (secondary N) is 3. The molecule has 2 aromatic heterocycles. The monoisotopic (exact) mass is 454 g/mol. The van der Waals surface area contributed by atoms with Gasteiger partial charge in [0.1, 0.15) is 17.8 Å². The van der Waals surface area contributed by atoms with E-state index in [9.17, 15) is 9.59 Å². The van der Waals surface area contributed by atoms with Gasteiger partial charge in [-0.3, -0.25) is 14.2 Å². The second kappa shape index (κ2) is 8.97. The predicted octanol–water partition coefficient (Wildman–Crippen LogP) is 4.11. The lowest BCUT2D eigenvalue weighted by molar-refractivity contribution is 0.0942. The zero-order chi connectivity index (χ0) is 23.7. The first-order valence-electron chi connectivity index (χ1n) is 11.4. The lowest BCUT2D eigenvalue weighted by Gasteiger charge is -2.12. The molecule has 2 heterocycles.